The van der Waals surface area contributed by atoms with E-state index in [-0.39, 0.29) is 25.0 Å². The molecule has 9 nitrogen and oxygen atoms in total. The van der Waals surface area contributed by atoms with Crippen LogP contribution in [0.5, 0.6) is 0 Å². The summed E-state index contributed by atoms with van der Waals surface area (Å²) < 4.78 is 6.64. The van der Waals surface area contributed by atoms with Crippen molar-refractivity contribution >= 4 is 17.8 Å². The van der Waals surface area contributed by atoms with Crippen molar-refractivity contribution in [2.24, 2.45) is 0 Å². The van der Waals surface area contributed by atoms with Gasteiger partial charge in [-0.3, -0.25) is 14.5 Å². The van der Waals surface area contributed by atoms with Gasteiger partial charge in [-0.15, -0.1) is 5.10 Å². The number of rotatable bonds is 5. The third-order valence-electron chi connectivity index (χ3n) is 4.14. The standard InChI is InChI=1S/C18H13N5O4/c24-16-14-3-1-2-4-15(14)17(25)22(16)9-10-27-18(26)12-5-7-13(8-6-12)23-11-19-20-21-23/h1-8,11H,9-10H2. The molecule has 9 heteroatoms. The summed E-state index contributed by atoms with van der Waals surface area (Å²) in [4.78, 5) is 37.7. The number of ether oxygens (including phenoxy) is 1. The number of nitrogens with zero attached hydrogens (tertiary/aromatic N) is 5. The van der Waals surface area contributed by atoms with Crippen molar-refractivity contribution in [3.05, 3.63) is 71.5 Å². The third-order valence-corrected chi connectivity index (χ3v) is 4.14. The molecule has 3 aromatic rings. The topological polar surface area (TPSA) is 107 Å². The van der Waals surface area contributed by atoms with E-state index in [2.05, 4.69) is 15.5 Å². The highest BCUT2D eigenvalue weighted by atomic mass is 16.5. The quantitative estimate of drug-likeness (QED) is 0.494. The highest BCUT2D eigenvalue weighted by Gasteiger charge is 2.34. The number of aromatic nitrogens is 4. The first-order valence-electron chi connectivity index (χ1n) is 8.11. The lowest BCUT2D eigenvalue weighted by Crippen LogP contribution is -2.33. The smallest absolute Gasteiger partial charge is 0.338 e. The summed E-state index contributed by atoms with van der Waals surface area (Å²) >= 11 is 0. The Bertz CT molecular complexity index is 979. The second-order valence-electron chi connectivity index (χ2n) is 5.74. The van der Waals surface area contributed by atoms with Crippen LogP contribution < -0.4 is 0 Å². The molecule has 0 aliphatic carbocycles. The molecular formula is C18H13N5O4. The normalized spacial score (nSPS) is 13.0. The number of carbonyl (C=O) groups is 3. The maximum absolute atomic E-state index is 12.2. The average Bonchev–Trinajstić information content (AvgIpc) is 3.32. The van der Waals surface area contributed by atoms with Crippen molar-refractivity contribution in [1.82, 2.24) is 25.1 Å². The molecule has 27 heavy (non-hydrogen) atoms. The molecule has 0 radical (unpaired) electrons. The number of hydrogen-bond acceptors (Lipinski definition) is 7. The molecule has 0 fully saturated rings. The van der Waals surface area contributed by atoms with Crippen LogP contribution in [0, 0.1) is 0 Å². The van der Waals surface area contributed by atoms with Crippen molar-refractivity contribution in [2.45, 2.75) is 0 Å². The zero-order chi connectivity index (χ0) is 18.8. The Morgan fingerprint density at radius 2 is 1.63 bits per heavy atom. The highest BCUT2D eigenvalue weighted by molar-refractivity contribution is 6.21. The molecule has 0 saturated carbocycles. The molecule has 1 aliphatic rings. The molecule has 0 atom stereocenters. The minimum Gasteiger partial charge on any atom is -0.460 e. The van der Waals surface area contributed by atoms with E-state index in [9.17, 15) is 14.4 Å². The van der Waals surface area contributed by atoms with Gasteiger partial charge < -0.3 is 4.74 Å². The Morgan fingerprint density at radius 3 is 2.22 bits per heavy atom. The van der Waals surface area contributed by atoms with Crippen LogP contribution in [0.15, 0.2) is 54.9 Å². The maximum atomic E-state index is 12.2. The number of amides is 2. The molecule has 2 amide bonds. The second-order valence-corrected chi connectivity index (χ2v) is 5.74. The molecule has 2 heterocycles. The van der Waals surface area contributed by atoms with Crippen molar-refractivity contribution < 1.29 is 19.1 Å². The van der Waals surface area contributed by atoms with Gasteiger partial charge >= 0.3 is 5.97 Å². The molecule has 1 aliphatic heterocycles. The molecule has 0 saturated heterocycles. The lowest BCUT2D eigenvalue weighted by molar-refractivity contribution is 0.0420. The van der Waals surface area contributed by atoms with Gasteiger partial charge in [0.05, 0.1) is 28.9 Å². The van der Waals surface area contributed by atoms with E-state index in [4.69, 9.17) is 4.74 Å². The zero-order valence-electron chi connectivity index (χ0n) is 14.0. The number of carbonyl (C=O) groups excluding carboxylic acids is 3. The number of imide groups is 1. The van der Waals surface area contributed by atoms with Crippen LogP contribution in [0.25, 0.3) is 5.69 Å². The first-order valence-corrected chi connectivity index (χ1v) is 8.11. The zero-order valence-corrected chi connectivity index (χ0v) is 14.0. The summed E-state index contributed by atoms with van der Waals surface area (Å²) in [5.74, 6) is -1.30. The fraction of sp³-hybridized carbons (Fsp3) is 0.111. The number of esters is 1. The van der Waals surface area contributed by atoms with E-state index < -0.39 is 5.97 Å². The SMILES string of the molecule is O=C(OCCN1C(=O)c2ccccc2C1=O)c1ccc(-n2cnnn2)cc1. The van der Waals surface area contributed by atoms with Gasteiger partial charge in [-0.05, 0) is 46.8 Å². The van der Waals surface area contributed by atoms with Gasteiger partial charge in [0.25, 0.3) is 11.8 Å². The molecule has 2 aromatic carbocycles. The minimum absolute atomic E-state index is 0.000790. The van der Waals surface area contributed by atoms with Gasteiger partial charge in [-0.1, -0.05) is 12.1 Å². The van der Waals surface area contributed by atoms with E-state index in [1.807, 2.05) is 0 Å². The largest absolute Gasteiger partial charge is 0.460 e. The molecule has 4 rings (SSSR count). The van der Waals surface area contributed by atoms with Crippen LogP contribution in [-0.4, -0.2) is 56.0 Å². The molecular weight excluding hydrogens is 350 g/mol. The lowest BCUT2D eigenvalue weighted by atomic mass is 10.1. The summed E-state index contributed by atoms with van der Waals surface area (Å²) in [6.07, 6.45) is 1.44. The number of hydrogen-bond donors (Lipinski definition) is 0. The molecule has 0 bridgehead atoms. The van der Waals surface area contributed by atoms with Gasteiger partial charge in [-0.25, -0.2) is 9.48 Å². The van der Waals surface area contributed by atoms with Crippen molar-refractivity contribution in [3.63, 3.8) is 0 Å². The van der Waals surface area contributed by atoms with E-state index in [0.29, 0.717) is 22.4 Å². The van der Waals surface area contributed by atoms with E-state index in [1.165, 1.54) is 11.0 Å². The summed E-state index contributed by atoms with van der Waals surface area (Å²) in [5.41, 5.74) is 1.77. The minimum atomic E-state index is -0.546. The van der Waals surface area contributed by atoms with Crippen LogP contribution in [0.4, 0.5) is 0 Å². The Kier molecular flexibility index (Phi) is 4.17. The first kappa shape index (κ1) is 16.6. The van der Waals surface area contributed by atoms with Crippen LogP contribution in [-0.2, 0) is 4.74 Å². The summed E-state index contributed by atoms with van der Waals surface area (Å²) in [6.45, 7) is -0.0835. The molecule has 0 spiro atoms. The van der Waals surface area contributed by atoms with Crippen LogP contribution >= 0.6 is 0 Å². The van der Waals surface area contributed by atoms with Gasteiger partial charge in [0.2, 0.25) is 0 Å². The average molecular weight is 363 g/mol. The third kappa shape index (κ3) is 3.06. The Hall–Kier alpha value is -3.88. The number of benzene rings is 2. The lowest BCUT2D eigenvalue weighted by Gasteiger charge is -2.13. The number of fused-ring (bicyclic) bond motifs is 1. The monoisotopic (exact) mass is 363 g/mol. The van der Waals surface area contributed by atoms with Crippen LogP contribution in [0.2, 0.25) is 0 Å². The Morgan fingerprint density at radius 1 is 0.963 bits per heavy atom. The molecule has 0 N–H and O–H groups in total. The van der Waals surface area contributed by atoms with E-state index in [0.717, 1.165) is 4.90 Å². The number of tetrazole rings is 1. The summed E-state index contributed by atoms with van der Waals surface area (Å²) in [5, 5.41) is 10.8. The fourth-order valence-corrected chi connectivity index (χ4v) is 2.79. The molecule has 134 valence electrons. The predicted octanol–water partition coefficient (Wildman–Crippen LogP) is 1.12. The molecule has 0 unspecified atom stereocenters. The van der Waals surface area contributed by atoms with E-state index >= 15 is 0 Å². The highest BCUT2D eigenvalue weighted by Crippen LogP contribution is 2.22. The predicted molar refractivity (Wildman–Crippen MR) is 91.2 cm³/mol. The van der Waals surface area contributed by atoms with Crippen molar-refractivity contribution in [2.75, 3.05) is 13.2 Å². The Labute approximate surface area is 153 Å². The van der Waals surface area contributed by atoms with Crippen molar-refractivity contribution in [3.8, 4) is 5.69 Å². The first-order chi connectivity index (χ1) is 13.1. The Balaban J connectivity index is 1.35. The van der Waals surface area contributed by atoms with Gasteiger partial charge in [0.15, 0.2) is 0 Å². The summed E-state index contributed by atoms with van der Waals surface area (Å²) in [6, 6.07) is 13.1. The van der Waals surface area contributed by atoms with Crippen molar-refractivity contribution in [1.29, 1.82) is 0 Å². The second kappa shape index (κ2) is 6.79. The molecule has 1 aromatic heterocycles. The van der Waals surface area contributed by atoms with Gasteiger partial charge in [0, 0.05) is 0 Å². The maximum Gasteiger partial charge on any atom is 0.338 e. The van der Waals surface area contributed by atoms with E-state index in [1.54, 1.807) is 48.5 Å². The van der Waals surface area contributed by atoms with Crippen LogP contribution in [0.1, 0.15) is 31.1 Å². The van der Waals surface area contributed by atoms with Gasteiger partial charge in [0.1, 0.15) is 12.9 Å². The fourth-order valence-electron chi connectivity index (χ4n) is 2.79. The summed E-state index contributed by atoms with van der Waals surface area (Å²) in [7, 11) is 0. The van der Waals surface area contributed by atoms with Crippen LogP contribution in [0.3, 0.4) is 0 Å². The van der Waals surface area contributed by atoms with Gasteiger partial charge in [-0.2, -0.15) is 0 Å².